The van der Waals surface area contributed by atoms with Crippen molar-refractivity contribution in [2.24, 2.45) is 0 Å². The Balaban J connectivity index is 1.07. The summed E-state index contributed by atoms with van der Waals surface area (Å²) < 4.78 is 47.8. The van der Waals surface area contributed by atoms with E-state index < -0.39 is 17.6 Å². The lowest BCUT2D eigenvalue weighted by molar-refractivity contribution is -0.136. The SMILES string of the molecule is N#Cc1ccc(OCc2nc(OC3CCN(Cc4nc5ccc(CC(=O)O)nc5n4C[C@@H]4CCO4)CC3)ccc2F)c(F)c1. The van der Waals surface area contributed by atoms with Crippen molar-refractivity contribution in [2.45, 2.75) is 57.6 Å². The summed E-state index contributed by atoms with van der Waals surface area (Å²) in [5.41, 5.74) is 2.01. The maximum Gasteiger partial charge on any atom is 0.309 e. The van der Waals surface area contributed by atoms with E-state index in [0.29, 0.717) is 37.3 Å². The molecule has 4 aromatic rings. The molecule has 11 nitrogen and oxygen atoms in total. The Morgan fingerprint density at radius 1 is 1.07 bits per heavy atom. The quantitative estimate of drug-likeness (QED) is 0.267. The zero-order valence-corrected chi connectivity index (χ0v) is 23.8. The minimum atomic E-state index is -0.936. The highest BCUT2D eigenvalue weighted by Gasteiger charge is 2.26. The maximum absolute atomic E-state index is 14.4. The molecule has 0 saturated carbocycles. The number of ether oxygens (including phenoxy) is 3. The van der Waals surface area contributed by atoms with Crippen molar-refractivity contribution in [3.05, 3.63) is 76.9 Å². The molecule has 2 saturated heterocycles. The number of imidazole rings is 1. The predicted octanol–water partition coefficient (Wildman–Crippen LogP) is 4.01. The van der Waals surface area contributed by atoms with E-state index in [1.54, 1.807) is 6.07 Å². The van der Waals surface area contributed by atoms with Crippen LogP contribution in [0.1, 0.15) is 42.0 Å². The fraction of sp³-hybridized carbons (Fsp3) is 0.387. The van der Waals surface area contributed by atoms with Gasteiger partial charge in [-0.25, -0.2) is 23.7 Å². The van der Waals surface area contributed by atoms with Crippen LogP contribution in [0.4, 0.5) is 8.78 Å². The number of carboxylic acid groups (broad SMARTS) is 1. The van der Waals surface area contributed by atoms with E-state index in [-0.39, 0.29) is 48.1 Å². The van der Waals surface area contributed by atoms with E-state index in [1.807, 2.05) is 16.7 Å². The van der Waals surface area contributed by atoms with Crippen LogP contribution in [0, 0.1) is 23.0 Å². The molecule has 228 valence electrons. The molecule has 5 heterocycles. The summed E-state index contributed by atoms with van der Waals surface area (Å²) in [7, 11) is 0. The van der Waals surface area contributed by atoms with Crippen LogP contribution in [-0.4, -0.2) is 67.4 Å². The van der Waals surface area contributed by atoms with Crippen LogP contribution in [-0.2, 0) is 35.6 Å². The summed E-state index contributed by atoms with van der Waals surface area (Å²) >= 11 is 0. The number of nitrogens with zero attached hydrogens (tertiary/aromatic N) is 6. The van der Waals surface area contributed by atoms with Crippen molar-refractivity contribution in [3.63, 3.8) is 0 Å². The van der Waals surface area contributed by atoms with Gasteiger partial charge in [0.25, 0.3) is 0 Å². The first-order valence-electron chi connectivity index (χ1n) is 14.4. The van der Waals surface area contributed by atoms with Gasteiger partial charge in [-0.1, -0.05) is 0 Å². The van der Waals surface area contributed by atoms with Crippen molar-refractivity contribution in [3.8, 4) is 17.7 Å². The molecule has 2 aliphatic heterocycles. The molecule has 0 radical (unpaired) electrons. The molecular weight excluding hydrogens is 574 g/mol. The highest BCUT2D eigenvalue weighted by molar-refractivity contribution is 5.74. The van der Waals surface area contributed by atoms with E-state index >= 15 is 0 Å². The summed E-state index contributed by atoms with van der Waals surface area (Å²) in [6.45, 7) is 3.09. The number of benzene rings is 1. The van der Waals surface area contributed by atoms with Crippen LogP contribution < -0.4 is 9.47 Å². The third-order valence-corrected chi connectivity index (χ3v) is 7.75. The molecule has 3 aromatic heterocycles. The monoisotopic (exact) mass is 604 g/mol. The molecule has 1 atom stereocenters. The molecule has 1 aromatic carbocycles. The van der Waals surface area contributed by atoms with Crippen molar-refractivity contribution < 1.29 is 32.9 Å². The number of hydrogen-bond acceptors (Lipinski definition) is 9. The van der Waals surface area contributed by atoms with Crippen LogP contribution in [0.2, 0.25) is 0 Å². The van der Waals surface area contributed by atoms with Crippen LogP contribution in [0.5, 0.6) is 11.6 Å². The summed E-state index contributed by atoms with van der Waals surface area (Å²) in [6, 6.07) is 11.9. The van der Waals surface area contributed by atoms with Gasteiger partial charge in [-0.3, -0.25) is 9.69 Å². The second-order valence-corrected chi connectivity index (χ2v) is 10.9. The summed E-state index contributed by atoms with van der Waals surface area (Å²) in [5.74, 6) is -1.24. The summed E-state index contributed by atoms with van der Waals surface area (Å²) in [6.07, 6.45) is 2.18. The number of aliphatic carboxylic acids is 1. The second-order valence-electron chi connectivity index (χ2n) is 10.9. The van der Waals surface area contributed by atoms with Gasteiger partial charge in [-0.15, -0.1) is 0 Å². The van der Waals surface area contributed by atoms with Crippen LogP contribution in [0.15, 0.2) is 42.5 Å². The number of piperidine rings is 1. The molecule has 2 fully saturated rings. The number of hydrogen-bond donors (Lipinski definition) is 1. The molecule has 0 amide bonds. The molecule has 13 heteroatoms. The van der Waals surface area contributed by atoms with Crippen molar-refractivity contribution >= 4 is 17.1 Å². The number of aromatic nitrogens is 4. The van der Waals surface area contributed by atoms with Gasteiger partial charge in [0.1, 0.15) is 35.6 Å². The highest BCUT2D eigenvalue weighted by Crippen LogP contribution is 2.25. The Hall–Kier alpha value is -4.67. The Kier molecular flexibility index (Phi) is 8.63. The molecule has 1 N–H and O–H groups in total. The smallest absolute Gasteiger partial charge is 0.309 e. The fourth-order valence-electron chi connectivity index (χ4n) is 5.31. The molecule has 0 aliphatic carbocycles. The van der Waals surface area contributed by atoms with Crippen molar-refractivity contribution in [1.82, 2.24) is 24.4 Å². The fourth-order valence-corrected chi connectivity index (χ4v) is 5.31. The number of fused-ring (bicyclic) bond motifs is 1. The van der Waals surface area contributed by atoms with Gasteiger partial charge in [0.2, 0.25) is 5.88 Å². The Morgan fingerprint density at radius 2 is 1.89 bits per heavy atom. The molecular formula is C31H30F2N6O5. The van der Waals surface area contributed by atoms with E-state index in [9.17, 15) is 18.7 Å². The van der Waals surface area contributed by atoms with E-state index in [0.717, 1.165) is 43.5 Å². The van der Waals surface area contributed by atoms with Crippen molar-refractivity contribution in [1.29, 1.82) is 5.26 Å². The standard InChI is InChI=1S/C31H30F2N6O5/c32-23-3-6-29(37-26(23)18-43-27-5-1-19(15-34)13-24(27)33)44-21-7-10-38(11-8-21)17-28-36-25-4-2-20(14-30(40)41)35-31(25)39(28)16-22-9-12-42-22/h1-6,13,21-22H,7-12,14,16-18H2,(H,40,41)/t22-/m0/s1. The summed E-state index contributed by atoms with van der Waals surface area (Å²) in [4.78, 5) is 27.2. The molecule has 0 bridgehead atoms. The number of carboxylic acids is 1. The molecule has 6 rings (SSSR count). The number of nitriles is 1. The van der Waals surface area contributed by atoms with Crippen LogP contribution >= 0.6 is 0 Å². The zero-order valence-electron chi connectivity index (χ0n) is 23.8. The normalized spacial score (nSPS) is 17.2. The number of rotatable bonds is 11. The lowest BCUT2D eigenvalue weighted by Gasteiger charge is -2.32. The Morgan fingerprint density at radius 3 is 2.59 bits per heavy atom. The van der Waals surface area contributed by atoms with Gasteiger partial charge in [-0.05, 0) is 55.7 Å². The minimum Gasteiger partial charge on any atom is -0.484 e. The average molecular weight is 605 g/mol. The van der Waals surface area contributed by atoms with E-state index in [4.69, 9.17) is 24.5 Å². The van der Waals surface area contributed by atoms with Gasteiger partial charge in [0.05, 0.1) is 42.9 Å². The number of halogens is 2. The number of likely N-dealkylation sites (tertiary alicyclic amines) is 1. The van der Waals surface area contributed by atoms with Gasteiger partial charge >= 0.3 is 5.97 Å². The average Bonchev–Trinajstić information content (AvgIpc) is 3.32. The van der Waals surface area contributed by atoms with Gasteiger partial charge in [0.15, 0.2) is 17.2 Å². The van der Waals surface area contributed by atoms with E-state index in [1.165, 1.54) is 24.3 Å². The molecule has 0 unspecified atom stereocenters. The molecule has 0 spiro atoms. The third kappa shape index (κ3) is 6.77. The highest BCUT2D eigenvalue weighted by atomic mass is 19.1. The first kappa shape index (κ1) is 29.4. The largest absolute Gasteiger partial charge is 0.484 e. The maximum atomic E-state index is 14.4. The zero-order chi connectivity index (χ0) is 30.6. The van der Waals surface area contributed by atoms with Crippen molar-refractivity contribution in [2.75, 3.05) is 19.7 Å². The third-order valence-electron chi connectivity index (χ3n) is 7.75. The van der Waals surface area contributed by atoms with Crippen LogP contribution in [0.25, 0.3) is 11.2 Å². The first-order valence-corrected chi connectivity index (χ1v) is 14.4. The van der Waals surface area contributed by atoms with Gasteiger partial charge in [-0.2, -0.15) is 5.26 Å². The minimum absolute atomic E-state index is 0.0156. The number of pyridine rings is 2. The summed E-state index contributed by atoms with van der Waals surface area (Å²) in [5, 5.41) is 18.1. The van der Waals surface area contributed by atoms with Gasteiger partial charge < -0.3 is 23.9 Å². The number of carbonyl (C=O) groups is 1. The lowest BCUT2D eigenvalue weighted by atomic mass is 10.1. The Bertz CT molecular complexity index is 1710. The predicted molar refractivity (Wildman–Crippen MR) is 152 cm³/mol. The second kappa shape index (κ2) is 12.9. The molecule has 44 heavy (non-hydrogen) atoms. The van der Waals surface area contributed by atoms with E-state index in [2.05, 4.69) is 14.9 Å². The molecule has 2 aliphatic rings. The Labute approximate surface area is 251 Å². The first-order chi connectivity index (χ1) is 21.3. The lowest BCUT2D eigenvalue weighted by Crippen LogP contribution is -2.39. The topological polar surface area (TPSA) is 136 Å². The van der Waals surface area contributed by atoms with Crippen LogP contribution in [0.3, 0.4) is 0 Å². The van der Waals surface area contributed by atoms with Gasteiger partial charge in [0, 0.05) is 25.8 Å².